The Balaban J connectivity index is 2.20. The third kappa shape index (κ3) is 5.13. The molecule has 0 bridgehead atoms. The van der Waals surface area contributed by atoms with E-state index in [0.29, 0.717) is 6.42 Å². The van der Waals surface area contributed by atoms with Crippen molar-refractivity contribution in [3.63, 3.8) is 0 Å². The second kappa shape index (κ2) is 9.27. The molecule has 0 saturated carbocycles. The molecule has 0 spiro atoms. The molecule has 0 aliphatic carbocycles. The van der Waals surface area contributed by atoms with Gasteiger partial charge in [-0.3, -0.25) is 4.79 Å². The number of ether oxygens (including phenoxy) is 2. The standard InChI is InChI=1S/C19H20F3NO4/c1-3-14(17(24)12-6-4-5-7-13(12)20)23-18(25)11-8-9-15(26-2)16(10-11)27-19(21)22/h4-10,14,17,19,24H,3H2,1-2H3,(H,23,25). The van der Waals surface area contributed by atoms with Crippen molar-refractivity contribution in [3.05, 3.63) is 59.4 Å². The SMILES string of the molecule is CCC(NC(=O)c1ccc(OC)c(OC(F)F)c1)C(O)c1ccccc1F. The first-order valence-corrected chi connectivity index (χ1v) is 8.23. The number of halogens is 3. The van der Waals surface area contributed by atoms with Crippen LogP contribution in [0.4, 0.5) is 13.2 Å². The molecular weight excluding hydrogens is 363 g/mol. The highest BCUT2D eigenvalue weighted by Crippen LogP contribution is 2.30. The minimum absolute atomic E-state index is 0.0330. The first kappa shape index (κ1) is 20.6. The zero-order valence-electron chi connectivity index (χ0n) is 14.8. The third-order valence-corrected chi connectivity index (χ3v) is 4.00. The summed E-state index contributed by atoms with van der Waals surface area (Å²) in [6, 6.07) is 8.73. The lowest BCUT2D eigenvalue weighted by molar-refractivity contribution is -0.0512. The molecule has 146 valence electrons. The molecule has 2 atom stereocenters. The zero-order valence-corrected chi connectivity index (χ0v) is 14.8. The van der Waals surface area contributed by atoms with E-state index in [9.17, 15) is 23.1 Å². The minimum Gasteiger partial charge on any atom is -0.493 e. The van der Waals surface area contributed by atoms with Gasteiger partial charge in [0.05, 0.1) is 13.2 Å². The van der Waals surface area contributed by atoms with Crippen molar-refractivity contribution in [3.8, 4) is 11.5 Å². The van der Waals surface area contributed by atoms with Crippen LogP contribution >= 0.6 is 0 Å². The summed E-state index contributed by atoms with van der Waals surface area (Å²) in [6.07, 6.45) is -0.951. The van der Waals surface area contributed by atoms with E-state index in [1.807, 2.05) is 0 Å². The molecule has 5 nitrogen and oxygen atoms in total. The quantitative estimate of drug-likeness (QED) is 0.730. The molecule has 2 aromatic carbocycles. The van der Waals surface area contributed by atoms with E-state index < -0.39 is 30.5 Å². The molecule has 0 heterocycles. The lowest BCUT2D eigenvalue weighted by atomic mass is 9.99. The van der Waals surface area contributed by atoms with Crippen molar-refractivity contribution < 1.29 is 32.5 Å². The van der Waals surface area contributed by atoms with Crippen LogP contribution in [0.25, 0.3) is 0 Å². The molecule has 2 rings (SSSR count). The first-order chi connectivity index (χ1) is 12.9. The van der Waals surface area contributed by atoms with Crippen molar-refractivity contribution in [2.75, 3.05) is 7.11 Å². The Kier molecular flexibility index (Phi) is 7.06. The number of hydrogen-bond acceptors (Lipinski definition) is 4. The maximum atomic E-state index is 13.9. The van der Waals surface area contributed by atoms with Gasteiger partial charge in [-0.2, -0.15) is 8.78 Å². The normalized spacial score (nSPS) is 13.1. The maximum absolute atomic E-state index is 13.9. The van der Waals surface area contributed by atoms with E-state index in [4.69, 9.17) is 4.74 Å². The Morgan fingerprint density at radius 2 is 1.89 bits per heavy atom. The number of methoxy groups -OCH3 is 1. The number of benzene rings is 2. The number of carbonyl (C=O) groups excluding carboxylic acids is 1. The van der Waals surface area contributed by atoms with E-state index >= 15 is 0 Å². The summed E-state index contributed by atoms with van der Waals surface area (Å²) in [5.41, 5.74) is 0.0896. The van der Waals surface area contributed by atoms with Crippen LogP contribution in [-0.2, 0) is 0 Å². The smallest absolute Gasteiger partial charge is 0.387 e. The number of aliphatic hydroxyl groups excluding tert-OH is 1. The molecule has 2 aromatic rings. The predicted molar refractivity (Wildman–Crippen MR) is 92.5 cm³/mol. The average molecular weight is 383 g/mol. The van der Waals surface area contributed by atoms with E-state index in [1.165, 1.54) is 37.4 Å². The van der Waals surface area contributed by atoms with Crippen LogP contribution in [0.1, 0.15) is 35.4 Å². The van der Waals surface area contributed by atoms with Crippen LogP contribution in [0, 0.1) is 5.82 Å². The van der Waals surface area contributed by atoms with Crippen LogP contribution in [-0.4, -0.2) is 30.8 Å². The molecule has 27 heavy (non-hydrogen) atoms. The van der Waals surface area contributed by atoms with Gasteiger partial charge in [0.15, 0.2) is 11.5 Å². The molecule has 0 radical (unpaired) electrons. The van der Waals surface area contributed by atoms with E-state index in [0.717, 1.165) is 6.07 Å². The van der Waals surface area contributed by atoms with E-state index in [1.54, 1.807) is 13.0 Å². The molecule has 2 N–H and O–H groups in total. The molecule has 1 amide bonds. The Bertz CT molecular complexity index is 785. The Morgan fingerprint density at radius 1 is 1.19 bits per heavy atom. The average Bonchev–Trinajstić information content (AvgIpc) is 2.65. The van der Waals surface area contributed by atoms with Crippen molar-refractivity contribution in [1.29, 1.82) is 0 Å². The van der Waals surface area contributed by atoms with Crippen LogP contribution in [0.2, 0.25) is 0 Å². The van der Waals surface area contributed by atoms with Gasteiger partial charge in [-0.05, 0) is 30.7 Å². The zero-order chi connectivity index (χ0) is 20.0. The predicted octanol–water partition coefficient (Wildman–Crippen LogP) is 3.68. The van der Waals surface area contributed by atoms with Gasteiger partial charge in [-0.25, -0.2) is 4.39 Å². The van der Waals surface area contributed by atoms with Gasteiger partial charge in [-0.15, -0.1) is 0 Å². The van der Waals surface area contributed by atoms with E-state index in [-0.39, 0.29) is 22.6 Å². The van der Waals surface area contributed by atoms with Gasteiger partial charge in [0, 0.05) is 11.1 Å². The second-order valence-electron chi connectivity index (χ2n) is 5.70. The summed E-state index contributed by atoms with van der Waals surface area (Å²) in [5.74, 6) is -1.46. The van der Waals surface area contributed by atoms with Crippen molar-refractivity contribution in [2.24, 2.45) is 0 Å². The van der Waals surface area contributed by atoms with Gasteiger partial charge in [-0.1, -0.05) is 25.1 Å². The monoisotopic (exact) mass is 383 g/mol. The molecule has 0 fully saturated rings. The van der Waals surface area contributed by atoms with Crippen molar-refractivity contribution in [2.45, 2.75) is 32.1 Å². The van der Waals surface area contributed by atoms with Crippen LogP contribution in [0.15, 0.2) is 42.5 Å². The van der Waals surface area contributed by atoms with Crippen molar-refractivity contribution in [1.82, 2.24) is 5.32 Å². The highest BCUT2D eigenvalue weighted by molar-refractivity contribution is 5.95. The summed E-state index contributed by atoms with van der Waals surface area (Å²) in [4.78, 5) is 12.5. The van der Waals surface area contributed by atoms with E-state index in [2.05, 4.69) is 10.1 Å². The highest BCUT2D eigenvalue weighted by Gasteiger charge is 2.24. The Hall–Kier alpha value is -2.74. The maximum Gasteiger partial charge on any atom is 0.387 e. The number of aliphatic hydroxyl groups is 1. The topological polar surface area (TPSA) is 67.8 Å². The number of alkyl halides is 2. The molecular formula is C19H20F3NO4. The van der Waals surface area contributed by atoms with Crippen LogP contribution in [0.5, 0.6) is 11.5 Å². The summed E-state index contributed by atoms with van der Waals surface area (Å²) in [7, 11) is 1.28. The fraction of sp³-hybridized carbons (Fsp3) is 0.316. The highest BCUT2D eigenvalue weighted by atomic mass is 19.3. The Morgan fingerprint density at radius 3 is 2.48 bits per heavy atom. The fourth-order valence-electron chi connectivity index (χ4n) is 2.59. The lowest BCUT2D eigenvalue weighted by Crippen LogP contribution is -2.39. The van der Waals surface area contributed by atoms with Gasteiger partial charge < -0.3 is 19.9 Å². The second-order valence-corrected chi connectivity index (χ2v) is 5.70. The first-order valence-electron chi connectivity index (χ1n) is 8.23. The molecule has 0 aliphatic heterocycles. The summed E-state index contributed by atoms with van der Waals surface area (Å²) >= 11 is 0. The summed E-state index contributed by atoms with van der Waals surface area (Å²) < 4.78 is 48.2. The lowest BCUT2D eigenvalue weighted by Gasteiger charge is -2.24. The number of amides is 1. The van der Waals surface area contributed by atoms with Crippen molar-refractivity contribution >= 4 is 5.91 Å². The number of nitrogens with one attached hydrogen (secondary N) is 1. The van der Waals surface area contributed by atoms with Crippen LogP contribution < -0.4 is 14.8 Å². The molecule has 0 aromatic heterocycles. The Labute approximate surface area is 154 Å². The molecule has 2 unspecified atom stereocenters. The minimum atomic E-state index is -3.08. The molecule has 0 aliphatic rings. The van der Waals surface area contributed by atoms with Gasteiger partial charge in [0.1, 0.15) is 11.9 Å². The summed E-state index contributed by atoms with van der Waals surface area (Å²) in [6.45, 7) is -1.36. The molecule has 0 saturated heterocycles. The number of hydrogen-bond donors (Lipinski definition) is 2. The number of carbonyl (C=O) groups is 1. The number of rotatable bonds is 8. The largest absolute Gasteiger partial charge is 0.493 e. The van der Waals surface area contributed by atoms with Gasteiger partial charge in [0.2, 0.25) is 0 Å². The summed E-state index contributed by atoms with van der Waals surface area (Å²) in [5, 5.41) is 13.0. The van der Waals surface area contributed by atoms with Gasteiger partial charge in [0.25, 0.3) is 5.91 Å². The fourth-order valence-corrected chi connectivity index (χ4v) is 2.59. The van der Waals surface area contributed by atoms with Crippen LogP contribution in [0.3, 0.4) is 0 Å². The third-order valence-electron chi connectivity index (χ3n) is 4.00. The van der Waals surface area contributed by atoms with Gasteiger partial charge >= 0.3 is 6.61 Å². The molecule has 8 heteroatoms.